The van der Waals surface area contributed by atoms with Gasteiger partial charge in [0.25, 0.3) is 0 Å². The monoisotopic (exact) mass is 197 g/mol. The first-order valence-electron chi connectivity index (χ1n) is 4.83. The highest BCUT2D eigenvalue weighted by Gasteiger charge is 2.09. The summed E-state index contributed by atoms with van der Waals surface area (Å²) in [6.45, 7) is 4.03. The van der Waals surface area contributed by atoms with Gasteiger partial charge in [0.05, 0.1) is 12.3 Å². The van der Waals surface area contributed by atoms with Crippen molar-refractivity contribution in [2.75, 3.05) is 7.11 Å². The molecule has 0 saturated heterocycles. The van der Waals surface area contributed by atoms with E-state index in [0.717, 1.165) is 18.4 Å². The first kappa shape index (κ1) is 12.9. The first-order chi connectivity index (χ1) is 6.79. The minimum absolute atomic E-state index is 0.00657. The molecule has 0 fully saturated rings. The topological polar surface area (TPSA) is 41.8 Å². The van der Waals surface area contributed by atoms with Crippen LogP contribution in [0.5, 0.6) is 0 Å². The zero-order valence-corrected chi connectivity index (χ0v) is 9.10. The normalized spacial score (nSPS) is 15.5. The molecule has 0 saturated carbocycles. The molecule has 0 aliphatic heterocycles. The van der Waals surface area contributed by atoms with Crippen LogP contribution in [0.25, 0.3) is 0 Å². The fourth-order valence-electron chi connectivity index (χ4n) is 1.19. The van der Waals surface area contributed by atoms with Gasteiger partial charge in [0.2, 0.25) is 0 Å². The summed E-state index contributed by atoms with van der Waals surface area (Å²) in [6, 6.07) is 0. The number of oxime groups is 1. The molecule has 80 valence electrons. The lowest BCUT2D eigenvalue weighted by Gasteiger charge is -2.14. The van der Waals surface area contributed by atoms with Gasteiger partial charge in [0.15, 0.2) is 0 Å². The van der Waals surface area contributed by atoms with E-state index in [1.54, 1.807) is 7.11 Å². The van der Waals surface area contributed by atoms with Crippen LogP contribution in [0.4, 0.5) is 0 Å². The minimum Gasteiger partial charge on any atom is -0.411 e. The van der Waals surface area contributed by atoms with Crippen molar-refractivity contribution in [2.45, 2.75) is 32.8 Å². The molecule has 0 bridgehead atoms. The Morgan fingerprint density at radius 1 is 1.57 bits per heavy atom. The Hall–Kier alpha value is -1.09. The molecule has 3 nitrogen and oxygen atoms in total. The lowest BCUT2D eigenvalue weighted by atomic mass is 10.1. The summed E-state index contributed by atoms with van der Waals surface area (Å²) in [6.07, 6.45) is 9.10. The second-order valence-corrected chi connectivity index (χ2v) is 2.95. The third-order valence-electron chi connectivity index (χ3n) is 1.90. The highest BCUT2D eigenvalue weighted by Crippen LogP contribution is 2.10. The van der Waals surface area contributed by atoms with E-state index in [1.165, 1.54) is 6.21 Å². The Kier molecular flexibility index (Phi) is 7.84. The molecule has 0 aliphatic carbocycles. The van der Waals surface area contributed by atoms with Crippen molar-refractivity contribution < 1.29 is 9.94 Å². The predicted octanol–water partition coefficient (Wildman–Crippen LogP) is 2.76. The van der Waals surface area contributed by atoms with Gasteiger partial charge in [-0.25, -0.2) is 0 Å². The summed E-state index contributed by atoms with van der Waals surface area (Å²) in [5.74, 6) is 0. The van der Waals surface area contributed by atoms with Gasteiger partial charge in [0.1, 0.15) is 0 Å². The van der Waals surface area contributed by atoms with E-state index in [2.05, 4.69) is 12.1 Å². The summed E-state index contributed by atoms with van der Waals surface area (Å²) in [5.41, 5.74) is 0.884. The molecule has 0 rings (SSSR count). The highest BCUT2D eigenvalue weighted by molar-refractivity contribution is 5.79. The van der Waals surface area contributed by atoms with Gasteiger partial charge in [-0.05, 0) is 13.3 Å². The Bertz CT molecular complexity index is 219. The summed E-state index contributed by atoms with van der Waals surface area (Å²) < 4.78 is 5.30. The molecule has 0 amide bonds. The van der Waals surface area contributed by atoms with Gasteiger partial charge in [-0.1, -0.05) is 36.7 Å². The molecule has 0 heterocycles. The number of rotatable bonds is 6. The van der Waals surface area contributed by atoms with Crippen molar-refractivity contribution in [3.05, 3.63) is 23.8 Å². The number of allylic oxidation sites excluding steroid dienone is 3. The Labute approximate surface area is 85.8 Å². The summed E-state index contributed by atoms with van der Waals surface area (Å²) >= 11 is 0. The van der Waals surface area contributed by atoms with E-state index in [9.17, 15) is 0 Å². The minimum atomic E-state index is 0.00657. The summed E-state index contributed by atoms with van der Waals surface area (Å²) in [4.78, 5) is 0. The third-order valence-corrected chi connectivity index (χ3v) is 1.90. The van der Waals surface area contributed by atoms with Crippen LogP contribution in [-0.2, 0) is 4.74 Å². The molecule has 1 atom stereocenters. The van der Waals surface area contributed by atoms with E-state index < -0.39 is 0 Å². The molecular weight excluding hydrogens is 178 g/mol. The highest BCUT2D eigenvalue weighted by atomic mass is 16.5. The number of hydrogen-bond acceptors (Lipinski definition) is 3. The second-order valence-electron chi connectivity index (χ2n) is 2.95. The third kappa shape index (κ3) is 4.82. The molecule has 0 aromatic heterocycles. The second kappa shape index (κ2) is 8.51. The SMILES string of the molecule is C\C=C/C=C(\C=N\O)C(CCC)OC. The lowest BCUT2D eigenvalue weighted by molar-refractivity contribution is 0.128. The quantitative estimate of drug-likeness (QED) is 0.308. The molecule has 1 N–H and O–H groups in total. The van der Waals surface area contributed by atoms with E-state index in [-0.39, 0.29) is 6.10 Å². The number of hydrogen-bond donors (Lipinski definition) is 1. The van der Waals surface area contributed by atoms with Gasteiger partial charge < -0.3 is 9.94 Å². The van der Waals surface area contributed by atoms with Gasteiger partial charge in [0, 0.05) is 12.7 Å². The standard InChI is InChI=1S/C11H19NO2/c1-4-6-8-10(9-12-13)11(14-3)7-5-2/h4,6,8-9,11,13H,5,7H2,1-3H3/b6-4-,10-8+,12-9+. The number of nitrogens with zero attached hydrogens (tertiary/aromatic N) is 1. The van der Waals surface area contributed by atoms with Gasteiger partial charge >= 0.3 is 0 Å². The maximum Gasteiger partial charge on any atom is 0.0837 e. The molecule has 14 heavy (non-hydrogen) atoms. The van der Waals surface area contributed by atoms with Crippen molar-refractivity contribution in [1.82, 2.24) is 0 Å². The van der Waals surface area contributed by atoms with Crippen LogP contribution in [-0.4, -0.2) is 24.6 Å². The number of ether oxygens (including phenoxy) is 1. The Balaban J connectivity index is 4.58. The average Bonchev–Trinajstić information content (AvgIpc) is 2.21. The molecule has 0 radical (unpaired) electrons. The zero-order chi connectivity index (χ0) is 10.8. The molecule has 3 heteroatoms. The van der Waals surface area contributed by atoms with Gasteiger partial charge in [-0.3, -0.25) is 0 Å². The smallest absolute Gasteiger partial charge is 0.0837 e. The van der Waals surface area contributed by atoms with E-state index in [0.29, 0.717) is 0 Å². The average molecular weight is 197 g/mol. The summed E-state index contributed by atoms with van der Waals surface area (Å²) in [5, 5.41) is 11.5. The van der Waals surface area contributed by atoms with Crippen LogP contribution in [0.2, 0.25) is 0 Å². The molecule has 0 aliphatic rings. The van der Waals surface area contributed by atoms with Crippen LogP contribution in [0.15, 0.2) is 29.0 Å². The Morgan fingerprint density at radius 3 is 2.71 bits per heavy atom. The van der Waals surface area contributed by atoms with Crippen molar-refractivity contribution in [3.63, 3.8) is 0 Å². The fourth-order valence-corrected chi connectivity index (χ4v) is 1.19. The van der Waals surface area contributed by atoms with Crippen molar-refractivity contribution >= 4 is 6.21 Å². The molecule has 1 unspecified atom stereocenters. The van der Waals surface area contributed by atoms with E-state index in [4.69, 9.17) is 9.94 Å². The van der Waals surface area contributed by atoms with Crippen LogP contribution in [0, 0.1) is 0 Å². The summed E-state index contributed by atoms with van der Waals surface area (Å²) in [7, 11) is 1.66. The number of methoxy groups -OCH3 is 1. The van der Waals surface area contributed by atoms with Crippen LogP contribution < -0.4 is 0 Å². The predicted molar refractivity (Wildman–Crippen MR) is 58.9 cm³/mol. The molecule has 0 aromatic rings. The fraction of sp³-hybridized carbons (Fsp3) is 0.545. The first-order valence-corrected chi connectivity index (χ1v) is 4.83. The van der Waals surface area contributed by atoms with Crippen LogP contribution >= 0.6 is 0 Å². The molecular formula is C11H19NO2. The molecule has 0 aromatic carbocycles. The van der Waals surface area contributed by atoms with Gasteiger partial charge in [-0.2, -0.15) is 0 Å². The van der Waals surface area contributed by atoms with Crippen LogP contribution in [0.1, 0.15) is 26.7 Å². The van der Waals surface area contributed by atoms with Crippen LogP contribution in [0.3, 0.4) is 0 Å². The van der Waals surface area contributed by atoms with Crippen molar-refractivity contribution in [2.24, 2.45) is 5.16 Å². The lowest BCUT2D eigenvalue weighted by Crippen LogP contribution is -2.14. The largest absolute Gasteiger partial charge is 0.411 e. The molecule has 0 spiro atoms. The van der Waals surface area contributed by atoms with Crippen molar-refractivity contribution in [1.29, 1.82) is 0 Å². The maximum atomic E-state index is 8.50. The maximum absolute atomic E-state index is 8.50. The van der Waals surface area contributed by atoms with E-state index >= 15 is 0 Å². The van der Waals surface area contributed by atoms with E-state index in [1.807, 2.05) is 25.2 Å². The zero-order valence-electron chi connectivity index (χ0n) is 9.10. The van der Waals surface area contributed by atoms with Crippen molar-refractivity contribution in [3.8, 4) is 0 Å². The van der Waals surface area contributed by atoms with Gasteiger partial charge in [-0.15, -0.1) is 0 Å². The Morgan fingerprint density at radius 2 is 2.29 bits per heavy atom.